The Labute approximate surface area is 134 Å². The number of aromatic nitrogens is 2. The molecule has 23 heavy (non-hydrogen) atoms. The number of rotatable bonds is 4. The number of methoxy groups -OCH3 is 1. The van der Waals surface area contributed by atoms with Crippen LogP contribution in [0, 0.1) is 0 Å². The van der Waals surface area contributed by atoms with Crippen molar-refractivity contribution >= 4 is 9.84 Å². The van der Waals surface area contributed by atoms with Crippen molar-refractivity contribution in [1.29, 1.82) is 0 Å². The van der Waals surface area contributed by atoms with Crippen molar-refractivity contribution in [2.75, 3.05) is 7.11 Å². The van der Waals surface area contributed by atoms with Crippen molar-refractivity contribution in [1.82, 2.24) is 10.2 Å². The Balaban J connectivity index is 2.14. The Bertz CT molecular complexity index is 908. The molecule has 0 saturated carbocycles. The summed E-state index contributed by atoms with van der Waals surface area (Å²) in [5, 5.41) is 7.40. The molecule has 0 N–H and O–H groups in total. The molecular formula is C17H14N2O3S. The third-order valence-electron chi connectivity index (χ3n) is 3.36. The topological polar surface area (TPSA) is 69.2 Å². The van der Waals surface area contributed by atoms with Crippen LogP contribution >= 0.6 is 0 Å². The molecule has 1 heterocycles. The van der Waals surface area contributed by atoms with E-state index in [4.69, 9.17) is 4.74 Å². The van der Waals surface area contributed by atoms with E-state index in [1.54, 1.807) is 24.3 Å². The lowest BCUT2D eigenvalue weighted by molar-refractivity contribution is 0.389. The van der Waals surface area contributed by atoms with Gasteiger partial charge in [0.05, 0.1) is 12.0 Å². The van der Waals surface area contributed by atoms with E-state index in [1.165, 1.54) is 19.2 Å². The van der Waals surface area contributed by atoms with E-state index in [1.807, 2.05) is 30.3 Å². The van der Waals surface area contributed by atoms with Crippen LogP contribution in [0.5, 0.6) is 5.88 Å². The number of hydrogen-bond donors (Lipinski definition) is 0. The summed E-state index contributed by atoms with van der Waals surface area (Å²) >= 11 is 0. The van der Waals surface area contributed by atoms with E-state index < -0.39 is 9.84 Å². The van der Waals surface area contributed by atoms with Crippen LogP contribution in [0.15, 0.2) is 76.7 Å². The third-order valence-corrected chi connectivity index (χ3v) is 5.06. The molecule has 0 unspecified atom stereocenters. The summed E-state index contributed by atoms with van der Waals surface area (Å²) < 4.78 is 30.7. The molecule has 5 nitrogen and oxygen atoms in total. The molecule has 0 aliphatic rings. The molecule has 0 bridgehead atoms. The molecule has 0 saturated heterocycles. The van der Waals surface area contributed by atoms with Gasteiger partial charge in [0, 0.05) is 11.6 Å². The second kappa shape index (κ2) is 6.18. The fourth-order valence-electron chi connectivity index (χ4n) is 2.23. The van der Waals surface area contributed by atoms with Crippen molar-refractivity contribution in [2.45, 2.75) is 9.92 Å². The van der Waals surface area contributed by atoms with Gasteiger partial charge in [-0.2, -0.15) is 0 Å². The standard InChI is InChI=1S/C17H14N2O3S/c1-22-16-11-12-17(19-18-16)23(20,21)15-10-6-5-9-14(15)13-7-3-2-4-8-13/h2-12H,1H3. The highest BCUT2D eigenvalue weighted by atomic mass is 32.2. The minimum atomic E-state index is -3.77. The van der Waals surface area contributed by atoms with Crippen molar-refractivity contribution in [3.05, 3.63) is 66.7 Å². The highest BCUT2D eigenvalue weighted by molar-refractivity contribution is 7.91. The quantitative estimate of drug-likeness (QED) is 0.737. The van der Waals surface area contributed by atoms with Crippen molar-refractivity contribution in [2.24, 2.45) is 0 Å². The summed E-state index contributed by atoms with van der Waals surface area (Å²) in [5.74, 6) is 0.264. The predicted octanol–water partition coefficient (Wildman–Crippen LogP) is 2.99. The van der Waals surface area contributed by atoms with E-state index in [2.05, 4.69) is 10.2 Å². The highest BCUT2D eigenvalue weighted by Crippen LogP contribution is 2.30. The Morgan fingerprint density at radius 3 is 2.17 bits per heavy atom. The maximum atomic E-state index is 12.9. The van der Waals surface area contributed by atoms with Gasteiger partial charge < -0.3 is 4.74 Å². The molecule has 3 rings (SSSR count). The lowest BCUT2D eigenvalue weighted by atomic mass is 10.1. The van der Waals surface area contributed by atoms with E-state index in [0.717, 1.165) is 5.56 Å². The van der Waals surface area contributed by atoms with E-state index in [9.17, 15) is 8.42 Å². The largest absolute Gasteiger partial charge is 0.480 e. The van der Waals surface area contributed by atoms with Crippen LogP contribution in [0.2, 0.25) is 0 Å². The Morgan fingerprint density at radius 2 is 1.52 bits per heavy atom. The average molecular weight is 326 g/mol. The van der Waals surface area contributed by atoms with Crippen LogP contribution in [0.25, 0.3) is 11.1 Å². The zero-order valence-corrected chi connectivity index (χ0v) is 13.2. The lowest BCUT2D eigenvalue weighted by Gasteiger charge is -2.10. The molecule has 3 aromatic rings. The molecule has 1 aromatic heterocycles. The van der Waals surface area contributed by atoms with Gasteiger partial charge in [0.2, 0.25) is 15.7 Å². The average Bonchev–Trinajstić information content (AvgIpc) is 2.62. The van der Waals surface area contributed by atoms with Gasteiger partial charge in [0.25, 0.3) is 0 Å². The number of benzene rings is 2. The molecule has 6 heteroatoms. The molecule has 0 spiro atoms. The number of ether oxygens (including phenoxy) is 1. The summed E-state index contributed by atoms with van der Waals surface area (Å²) in [7, 11) is -2.32. The van der Waals surface area contributed by atoms with Crippen LogP contribution in [-0.2, 0) is 9.84 Å². The van der Waals surface area contributed by atoms with E-state index in [0.29, 0.717) is 5.56 Å². The smallest absolute Gasteiger partial charge is 0.233 e. The Hall–Kier alpha value is -2.73. The van der Waals surface area contributed by atoms with E-state index in [-0.39, 0.29) is 15.8 Å². The highest BCUT2D eigenvalue weighted by Gasteiger charge is 2.23. The van der Waals surface area contributed by atoms with Gasteiger partial charge in [-0.1, -0.05) is 48.5 Å². The SMILES string of the molecule is COc1ccc(S(=O)(=O)c2ccccc2-c2ccccc2)nn1. The van der Waals surface area contributed by atoms with Crippen LogP contribution in [-0.4, -0.2) is 25.7 Å². The first-order valence-corrected chi connectivity index (χ1v) is 8.38. The number of sulfone groups is 1. The van der Waals surface area contributed by atoms with Gasteiger partial charge in [-0.25, -0.2) is 8.42 Å². The Morgan fingerprint density at radius 1 is 0.826 bits per heavy atom. The third kappa shape index (κ3) is 2.93. The van der Waals surface area contributed by atoms with Crippen LogP contribution in [0.1, 0.15) is 0 Å². The molecule has 0 aliphatic heterocycles. The fraction of sp³-hybridized carbons (Fsp3) is 0.0588. The van der Waals surface area contributed by atoms with Crippen molar-refractivity contribution in [3.63, 3.8) is 0 Å². The normalized spacial score (nSPS) is 11.2. The van der Waals surface area contributed by atoms with Gasteiger partial charge in [-0.3, -0.25) is 0 Å². The first-order valence-electron chi connectivity index (χ1n) is 6.90. The van der Waals surface area contributed by atoms with Gasteiger partial charge in [-0.15, -0.1) is 10.2 Å². The predicted molar refractivity (Wildman–Crippen MR) is 85.9 cm³/mol. The monoisotopic (exact) mass is 326 g/mol. The molecule has 0 aliphatic carbocycles. The maximum absolute atomic E-state index is 12.9. The molecule has 0 radical (unpaired) electrons. The van der Waals surface area contributed by atoms with Gasteiger partial charge in [0.15, 0.2) is 5.03 Å². The molecule has 0 fully saturated rings. The van der Waals surface area contributed by atoms with Crippen molar-refractivity contribution in [3.8, 4) is 17.0 Å². The lowest BCUT2D eigenvalue weighted by Crippen LogP contribution is -2.07. The molecule has 0 amide bonds. The zero-order chi connectivity index (χ0) is 16.3. The second-order valence-electron chi connectivity index (χ2n) is 4.78. The second-order valence-corrected chi connectivity index (χ2v) is 6.64. The Kier molecular flexibility index (Phi) is 4.08. The first-order chi connectivity index (χ1) is 11.1. The number of nitrogens with zero attached hydrogens (tertiary/aromatic N) is 2. The van der Waals surface area contributed by atoms with Crippen molar-refractivity contribution < 1.29 is 13.2 Å². The fourth-order valence-corrected chi connectivity index (χ4v) is 3.58. The molecular weight excluding hydrogens is 312 g/mol. The molecule has 2 aromatic carbocycles. The number of hydrogen-bond acceptors (Lipinski definition) is 5. The summed E-state index contributed by atoms with van der Waals surface area (Å²) in [6.45, 7) is 0. The van der Waals surface area contributed by atoms with Crippen LogP contribution < -0.4 is 4.74 Å². The summed E-state index contributed by atoms with van der Waals surface area (Å²) in [6.07, 6.45) is 0. The first kappa shape index (κ1) is 15.2. The summed E-state index contributed by atoms with van der Waals surface area (Å²) in [6, 6.07) is 19.1. The van der Waals surface area contributed by atoms with Crippen LogP contribution in [0.3, 0.4) is 0 Å². The minimum absolute atomic E-state index is 0.110. The van der Waals surface area contributed by atoms with E-state index >= 15 is 0 Å². The van der Waals surface area contributed by atoms with Crippen LogP contribution in [0.4, 0.5) is 0 Å². The molecule has 0 atom stereocenters. The minimum Gasteiger partial charge on any atom is -0.480 e. The summed E-state index contributed by atoms with van der Waals surface area (Å²) in [5.41, 5.74) is 1.46. The summed E-state index contributed by atoms with van der Waals surface area (Å²) in [4.78, 5) is 0.200. The zero-order valence-electron chi connectivity index (χ0n) is 12.4. The van der Waals surface area contributed by atoms with Gasteiger partial charge in [-0.05, 0) is 17.7 Å². The van der Waals surface area contributed by atoms with Gasteiger partial charge in [0.1, 0.15) is 0 Å². The van der Waals surface area contributed by atoms with Gasteiger partial charge >= 0.3 is 0 Å². The maximum Gasteiger partial charge on any atom is 0.233 e. The molecule has 116 valence electrons.